The molecule has 1 heterocycles. The van der Waals surface area contributed by atoms with Crippen LogP contribution in [0.15, 0.2) is 0 Å². The Bertz CT molecular complexity index is 390. The number of hydrogen-bond donors (Lipinski definition) is 3. The summed E-state index contributed by atoms with van der Waals surface area (Å²) >= 11 is 0. The van der Waals surface area contributed by atoms with Gasteiger partial charge in [0.05, 0.1) is 0 Å². The molecule has 19 heavy (non-hydrogen) atoms. The first-order valence-electron chi connectivity index (χ1n) is 6.61. The predicted molar refractivity (Wildman–Crippen MR) is 66.6 cm³/mol. The molecule has 0 atom stereocenters. The number of carboxylic acids is 1. The summed E-state index contributed by atoms with van der Waals surface area (Å²) < 4.78 is 0. The average molecular weight is 269 g/mol. The van der Waals surface area contributed by atoms with Crippen LogP contribution >= 0.6 is 0 Å². The topological polar surface area (TPSA) is 98.7 Å². The standard InChI is InChI=1S/C12H19N3O4/c16-9-8-15(7-6-13-9)11(19)14-12(10(17)18)4-2-1-3-5-12/h1-8H2,(H,13,16)(H,14,19)(H,17,18). The number of nitrogens with zero attached hydrogens (tertiary/aromatic N) is 1. The number of urea groups is 1. The number of piperazine rings is 1. The molecule has 0 radical (unpaired) electrons. The van der Waals surface area contributed by atoms with Gasteiger partial charge in [0.2, 0.25) is 5.91 Å². The Morgan fingerprint density at radius 2 is 1.95 bits per heavy atom. The molecule has 7 nitrogen and oxygen atoms in total. The second-order valence-electron chi connectivity index (χ2n) is 5.15. The van der Waals surface area contributed by atoms with Gasteiger partial charge in [0.25, 0.3) is 0 Å². The maximum Gasteiger partial charge on any atom is 0.329 e. The van der Waals surface area contributed by atoms with E-state index in [2.05, 4.69) is 10.6 Å². The largest absolute Gasteiger partial charge is 0.480 e. The summed E-state index contributed by atoms with van der Waals surface area (Å²) in [6.07, 6.45) is 3.50. The molecule has 2 fully saturated rings. The summed E-state index contributed by atoms with van der Waals surface area (Å²) in [5.41, 5.74) is -1.16. The number of nitrogens with one attached hydrogen (secondary N) is 2. The van der Waals surface area contributed by atoms with Crippen LogP contribution in [0.1, 0.15) is 32.1 Å². The monoisotopic (exact) mass is 269 g/mol. The Balaban J connectivity index is 2.02. The van der Waals surface area contributed by atoms with Gasteiger partial charge in [-0.2, -0.15) is 0 Å². The van der Waals surface area contributed by atoms with Gasteiger partial charge in [-0.05, 0) is 12.8 Å². The fourth-order valence-electron chi connectivity index (χ4n) is 2.64. The van der Waals surface area contributed by atoms with Gasteiger partial charge >= 0.3 is 12.0 Å². The van der Waals surface area contributed by atoms with Crippen LogP contribution in [0.3, 0.4) is 0 Å². The smallest absolute Gasteiger partial charge is 0.329 e. The molecule has 0 aromatic rings. The summed E-state index contributed by atoms with van der Waals surface area (Å²) in [5, 5.41) is 14.6. The Morgan fingerprint density at radius 3 is 2.53 bits per heavy atom. The maximum absolute atomic E-state index is 12.1. The van der Waals surface area contributed by atoms with E-state index >= 15 is 0 Å². The fourth-order valence-corrected chi connectivity index (χ4v) is 2.64. The van der Waals surface area contributed by atoms with Crippen molar-refractivity contribution in [2.45, 2.75) is 37.6 Å². The lowest BCUT2D eigenvalue weighted by molar-refractivity contribution is -0.145. The van der Waals surface area contributed by atoms with Crippen molar-refractivity contribution in [3.8, 4) is 0 Å². The third-order valence-electron chi connectivity index (χ3n) is 3.79. The Labute approximate surface area is 111 Å². The van der Waals surface area contributed by atoms with Crippen molar-refractivity contribution in [3.05, 3.63) is 0 Å². The van der Waals surface area contributed by atoms with Crippen molar-refractivity contribution in [1.82, 2.24) is 15.5 Å². The third kappa shape index (κ3) is 2.97. The van der Waals surface area contributed by atoms with Crippen molar-refractivity contribution < 1.29 is 19.5 Å². The van der Waals surface area contributed by atoms with Gasteiger partial charge in [-0.25, -0.2) is 9.59 Å². The molecule has 2 rings (SSSR count). The number of hydrogen-bond acceptors (Lipinski definition) is 3. The lowest BCUT2D eigenvalue weighted by atomic mass is 9.82. The Hall–Kier alpha value is -1.79. The zero-order valence-electron chi connectivity index (χ0n) is 10.8. The average Bonchev–Trinajstić information content (AvgIpc) is 2.39. The van der Waals surface area contributed by atoms with Crippen molar-refractivity contribution in [3.63, 3.8) is 0 Å². The van der Waals surface area contributed by atoms with Gasteiger partial charge in [0.1, 0.15) is 12.1 Å². The second-order valence-corrected chi connectivity index (χ2v) is 5.15. The highest BCUT2D eigenvalue weighted by Gasteiger charge is 2.42. The van der Waals surface area contributed by atoms with Crippen LogP contribution in [0.5, 0.6) is 0 Å². The van der Waals surface area contributed by atoms with Crippen molar-refractivity contribution in [2.75, 3.05) is 19.6 Å². The lowest BCUT2D eigenvalue weighted by Gasteiger charge is -2.36. The molecule has 2 aliphatic rings. The van der Waals surface area contributed by atoms with Gasteiger partial charge in [-0.15, -0.1) is 0 Å². The molecule has 0 bridgehead atoms. The SMILES string of the molecule is O=C1CN(C(=O)NC2(C(=O)O)CCCCC2)CCN1. The summed E-state index contributed by atoms with van der Waals surface area (Å²) in [7, 11) is 0. The predicted octanol–water partition coefficient (Wildman–Crippen LogP) is -0.0847. The quantitative estimate of drug-likeness (QED) is 0.652. The number of amides is 3. The van der Waals surface area contributed by atoms with E-state index in [9.17, 15) is 19.5 Å². The zero-order valence-corrected chi connectivity index (χ0v) is 10.8. The van der Waals surface area contributed by atoms with Crippen LogP contribution < -0.4 is 10.6 Å². The first-order chi connectivity index (χ1) is 9.03. The van der Waals surface area contributed by atoms with Gasteiger partial charge in [0.15, 0.2) is 0 Å². The molecule has 1 aliphatic heterocycles. The molecule has 1 aliphatic carbocycles. The first-order valence-corrected chi connectivity index (χ1v) is 6.61. The minimum Gasteiger partial charge on any atom is -0.480 e. The maximum atomic E-state index is 12.1. The van der Waals surface area contributed by atoms with Gasteiger partial charge in [-0.1, -0.05) is 19.3 Å². The molecule has 0 aromatic heterocycles. The molecular weight excluding hydrogens is 250 g/mol. The number of carbonyl (C=O) groups is 3. The highest BCUT2D eigenvalue weighted by molar-refractivity contribution is 5.89. The van der Waals surface area contributed by atoms with Crippen molar-refractivity contribution in [1.29, 1.82) is 0 Å². The van der Waals surface area contributed by atoms with Crippen LogP contribution in [-0.4, -0.2) is 53.1 Å². The molecule has 1 saturated heterocycles. The van der Waals surface area contributed by atoms with E-state index in [1.807, 2.05) is 0 Å². The lowest BCUT2D eigenvalue weighted by Crippen LogP contribution is -2.61. The normalized spacial score (nSPS) is 22.5. The van der Waals surface area contributed by atoms with E-state index in [0.717, 1.165) is 19.3 Å². The zero-order chi connectivity index (χ0) is 13.9. The Kier molecular flexibility index (Phi) is 3.92. The number of carbonyl (C=O) groups excluding carboxylic acids is 2. The van der Waals surface area contributed by atoms with Crippen molar-refractivity contribution in [2.24, 2.45) is 0 Å². The molecule has 3 N–H and O–H groups in total. The summed E-state index contributed by atoms with van der Waals surface area (Å²) in [4.78, 5) is 36.1. The van der Waals surface area contributed by atoms with Crippen LogP contribution in [0.4, 0.5) is 4.79 Å². The molecule has 3 amide bonds. The van der Waals surface area contributed by atoms with E-state index in [1.54, 1.807) is 0 Å². The van der Waals surface area contributed by atoms with Crippen molar-refractivity contribution >= 4 is 17.9 Å². The molecule has 0 spiro atoms. The number of aliphatic carboxylic acids is 1. The molecule has 7 heteroatoms. The Morgan fingerprint density at radius 1 is 1.26 bits per heavy atom. The van der Waals surface area contributed by atoms with Gasteiger partial charge in [-0.3, -0.25) is 4.79 Å². The number of rotatable bonds is 2. The van der Waals surface area contributed by atoms with Crippen LogP contribution in [0, 0.1) is 0 Å². The third-order valence-corrected chi connectivity index (χ3v) is 3.79. The van der Waals surface area contributed by atoms with Gasteiger partial charge in [0, 0.05) is 13.1 Å². The van der Waals surface area contributed by atoms with E-state index in [0.29, 0.717) is 25.9 Å². The molecule has 1 saturated carbocycles. The van der Waals surface area contributed by atoms with Crippen LogP contribution in [0.25, 0.3) is 0 Å². The molecule has 106 valence electrons. The number of carboxylic acid groups (broad SMARTS) is 1. The molecule has 0 aromatic carbocycles. The first kappa shape index (κ1) is 13.6. The minimum absolute atomic E-state index is 0.0124. The summed E-state index contributed by atoms with van der Waals surface area (Å²) in [5.74, 6) is -1.20. The summed E-state index contributed by atoms with van der Waals surface area (Å²) in [6.45, 7) is 0.807. The molecular formula is C12H19N3O4. The van der Waals surface area contributed by atoms with E-state index in [1.165, 1.54) is 4.90 Å². The highest BCUT2D eigenvalue weighted by atomic mass is 16.4. The highest BCUT2D eigenvalue weighted by Crippen LogP contribution is 2.28. The minimum atomic E-state index is -1.16. The van der Waals surface area contributed by atoms with Crippen LogP contribution in [-0.2, 0) is 9.59 Å². The fraction of sp³-hybridized carbons (Fsp3) is 0.750. The van der Waals surface area contributed by atoms with Crippen LogP contribution in [0.2, 0.25) is 0 Å². The van der Waals surface area contributed by atoms with E-state index in [4.69, 9.17) is 0 Å². The second kappa shape index (κ2) is 5.46. The van der Waals surface area contributed by atoms with Gasteiger partial charge < -0.3 is 20.6 Å². The summed E-state index contributed by atoms with van der Waals surface area (Å²) in [6, 6.07) is -0.459. The van der Waals surface area contributed by atoms with E-state index < -0.39 is 17.5 Å². The molecule has 0 unspecified atom stereocenters. The van der Waals surface area contributed by atoms with E-state index in [-0.39, 0.29) is 12.5 Å².